The van der Waals surface area contributed by atoms with Crippen molar-refractivity contribution in [1.29, 1.82) is 0 Å². The first-order chi connectivity index (χ1) is 13.9. The third-order valence-corrected chi connectivity index (χ3v) is 7.31. The highest BCUT2D eigenvalue weighted by Gasteiger charge is 2.35. The highest BCUT2D eigenvalue weighted by Crippen LogP contribution is 2.52. The van der Waals surface area contributed by atoms with Crippen LogP contribution in [0.1, 0.15) is 59.8 Å². The molecule has 0 N–H and O–H groups in total. The fourth-order valence-corrected chi connectivity index (χ4v) is 5.76. The number of rotatable bonds is 0. The number of hydrogen-bond donors (Lipinski definition) is 0. The second-order valence-corrected chi connectivity index (χ2v) is 8.72. The first-order valence-electron chi connectivity index (χ1n) is 10.9. The molecule has 0 saturated heterocycles. The summed E-state index contributed by atoms with van der Waals surface area (Å²) in [6.07, 6.45) is 7.50. The molecule has 0 radical (unpaired) electrons. The van der Waals surface area contributed by atoms with Crippen LogP contribution in [0.15, 0.2) is 72.8 Å². The molecule has 0 unspecified atom stereocenters. The van der Waals surface area contributed by atoms with E-state index in [1.165, 1.54) is 71.2 Å². The van der Waals surface area contributed by atoms with E-state index < -0.39 is 0 Å². The van der Waals surface area contributed by atoms with Gasteiger partial charge in [0, 0.05) is 0 Å². The summed E-state index contributed by atoms with van der Waals surface area (Å²) >= 11 is 0. The standard InChI is InChI=1S/C28H26/c1-2-8-20-10-4-14-24-22(20)12-6-16-26(24)28-18-17-27(28)25-15-5-11-21-19(7-1)9-3-13-23(21)25/h3-6,9-16,27-28H,1-2,7-8,17-18H2/t27-,28+. The Bertz CT molecular complexity index is 1090. The lowest BCUT2D eigenvalue weighted by Crippen LogP contribution is -2.22. The van der Waals surface area contributed by atoms with Crippen LogP contribution in [0.2, 0.25) is 0 Å². The summed E-state index contributed by atoms with van der Waals surface area (Å²) in [7, 11) is 0. The zero-order valence-corrected chi connectivity index (χ0v) is 16.3. The molecule has 4 aromatic rings. The largest absolute Gasteiger partial charge is 0.0613 e. The van der Waals surface area contributed by atoms with Crippen molar-refractivity contribution in [1.82, 2.24) is 0 Å². The Morgan fingerprint density at radius 2 is 0.893 bits per heavy atom. The number of benzene rings is 4. The quantitative estimate of drug-likeness (QED) is 0.303. The van der Waals surface area contributed by atoms with E-state index in [1.807, 2.05) is 0 Å². The highest BCUT2D eigenvalue weighted by molar-refractivity contribution is 5.91. The second kappa shape index (κ2) is 6.48. The molecule has 0 heteroatoms. The maximum absolute atomic E-state index is 2.39. The highest BCUT2D eigenvalue weighted by atomic mass is 14.4. The lowest BCUT2D eigenvalue weighted by atomic mass is 9.65. The van der Waals surface area contributed by atoms with Crippen LogP contribution in [0.3, 0.4) is 0 Å². The van der Waals surface area contributed by atoms with Gasteiger partial charge >= 0.3 is 0 Å². The Labute approximate surface area is 167 Å². The van der Waals surface area contributed by atoms with E-state index in [1.54, 1.807) is 11.1 Å². The average Bonchev–Trinajstić information content (AvgIpc) is 2.71. The van der Waals surface area contributed by atoms with Gasteiger partial charge in [-0.25, -0.2) is 0 Å². The number of fused-ring (bicyclic) bond motifs is 3. The van der Waals surface area contributed by atoms with Crippen LogP contribution < -0.4 is 0 Å². The maximum atomic E-state index is 2.39. The molecule has 138 valence electrons. The van der Waals surface area contributed by atoms with Crippen molar-refractivity contribution in [3.8, 4) is 0 Å². The molecule has 1 saturated carbocycles. The lowest BCUT2D eigenvalue weighted by Gasteiger charge is -2.39. The molecule has 28 heavy (non-hydrogen) atoms. The van der Waals surface area contributed by atoms with Crippen molar-refractivity contribution in [2.75, 3.05) is 0 Å². The van der Waals surface area contributed by atoms with Gasteiger partial charge in [-0.15, -0.1) is 0 Å². The van der Waals surface area contributed by atoms with Crippen LogP contribution in [0.4, 0.5) is 0 Å². The molecule has 6 rings (SSSR count). The van der Waals surface area contributed by atoms with Gasteiger partial charge in [-0.1, -0.05) is 72.8 Å². The average molecular weight is 363 g/mol. The van der Waals surface area contributed by atoms with Crippen molar-refractivity contribution in [2.24, 2.45) is 0 Å². The summed E-state index contributed by atoms with van der Waals surface area (Å²) in [6.45, 7) is 0. The van der Waals surface area contributed by atoms with Gasteiger partial charge in [0.2, 0.25) is 0 Å². The summed E-state index contributed by atoms with van der Waals surface area (Å²) in [6, 6.07) is 28.0. The predicted molar refractivity (Wildman–Crippen MR) is 119 cm³/mol. The number of hydrogen-bond acceptors (Lipinski definition) is 0. The maximum Gasteiger partial charge on any atom is -0.00865 e. The third kappa shape index (κ3) is 2.44. The predicted octanol–water partition coefficient (Wildman–Crippen LogP) is 7.53. The van der Waals surface area contributed by atoms with E-state index in [-0.39, 0.29) is 0 Å². The summed E-state index contributed by atoms with van der Waals surface area (Å²) in [4.78, 5) is 0. The smallest absolute Gasteiger partial charge is 0.00865 e. The summed E-state index contributed by atoms with van der Waals surface area (Å²) in [5, 5.41) is 5.96. The SMILES string of the molecule is c1cc2c3cccc(c3c1)CCCCc1cccc3c(cccc13)[C@@H]1CC[C@H]21. The van der Waals surface area contributed by atoms with Gasteiger partial charge in [-0.2, -0.15) is 0 Å². The van der Waals surface area contributed by atoms with E-state index >= 15 is 0 Å². The molecule has 2 aliphatic carbocycles. The monoisotopic (exact) mass is 362 g/mol. The van der Waals surface area contributed by atoms with Gasteiger partial charge in [0.15, 0.2) is 0 Å². The van der Waals surface area contributed by atoms with E-state index in [0.29, 0.717) is 11.8 Å². The van der Waals surface area contributed by atoms with Crippen LogP contribution in [-0.4, -0.2) is 0 Å². The minimum atomic E-state index is 0.649. The third-order valence-electron chi connectivity index (χ3n) is 7.31. The molecular formula is C28H26. The lowest BCUT2D eigenvalue weighted by molar-refractivity contribution is 0.350. The topological polar surface area (TPSA) is 0 Å². The molecule has 8 bridgehead atoms. The Morgan fingerprint density at radius 3 is 1.36 bits per heavy atom. The van der Waals surface area contributed by atoms with Gasteiger partial charge in [0.05, 0.1) is 0 Å². The Hall–Kier alpha value is -2.60. The summed E-state index contributed by atoms with van der Waals surface area (Å²) < 4.78 is 0. The molecule has 0 heterocycles. The van der Waals surface area contributed by atoms with Crippen LogP contribution in [0, 0.1) is 0 Å². The summed E-state index contributed by atoms with van der Waals surface area (Å²) in [5.41, 5.74) is 6.20. The van der Waals surface area contributed by atoms with E-state index in [9.17, 15) is 0 Å². The fraction of sp³-hybridized carbons (Fsp3) is 0.286. The van der Waals surface area contributed by atoms with Crippen molar-refractivity contribution in [3.63, 3.8) is 0 Å². The van der Waals surface area contributed by atoms with Crippen molar-refractivity contribution < 1.29 is 0 Å². The van der Waals surface area contributed by atoms with E-state index in [4.69, 9.17) is 0 Å². The molecule has 1 fully saturated rings. The molecule has 0 amide bonds. The zero-order chi connectivity index (χ0) is 18.5. The Balaban J connectivity index is 1.60. The molecule has 4 aromatic carbocycles. The number of aryl methyl sites for hydroxylation is 2. The second-order valence-electron chi connectivity index (χ2n) is 8.72. The molecule has 0 nitrogen and oxygen atoms in total. The first kappa shape index (κ1) is 16.4. The molecule has 0 spiro atoms. The van der Waals surface area contributed by atoms with Gasteiger partial charge < -0.3 is 0 Å². The van der Waals surface area contributed by atoms with Gasteiger partial charge in [-0.05, 0) is 94.2 Å². The Morgan fingerprint density at radius 1 is 0.464 bits per heavy atom. The minimum Gasteiger partial charge on any atom is -0.0613 e. The molecule has 2 aliphatic rings. The molecule has 0 aliphatic heterocycles. The van der Waals surface area contributed by atoms with Crippen molar-refractivity contribution in [2.45, 2.75) is 50.4 Å². The van der Waals surface area contributed by atoms with Crippen molar-refractivity contribution >= 4 is 21.5 Å². The van der Waals surface area contributed by atoms with Gasteiger partial charge in [0.1, 0.15) is 0 Å². The van der Waals surface area contributed by atoms with Crippen LogP contribution in [0.25, 0.3) is 21.5 Å². The Kier molecular flexibility index (Phi) is 3.79. The van der Waals surface area contributed by atoms with E-state index in [2.05, 4.69) is 72.8 Å². The van der Waals surface area contributed by atoms with Crippen molar-refractivity contribution in [3.05, 3.63) is 95.1 Å². The van der Waals surface area contributed by atoms with Crippen LogP contribution in [0.5, 0.6) is 0 Å². The first-order valence-corrected chi connectivity index (χ1v) is 10.9. The zero-order valence-electron chi connectivity index (χ0n) is 16.3. The molecular weight excluding hydrogens is 336 g/mol. The fourth-order valence-electron chi connectivity index (χ4n) is 5.76. The normalized spacial score (nSPS) is 21.4. The molecule has 2 atom stereocenters. The van der Waals surface area contributed by atoms with Crippen LogP contribution in [-0.2, 0) is 12.8 Å². The van der Waals surface area contributed by atoms with Crippen LogP contribution >= 0.6 is 0 Å². The van der Waals surface area contributed by atoms with E-state index in [0.717, 1.165) is 0 Å². The molecule has 0 aromatic heterocycles. The minimum absolute atomic E-state index is 0.649. The van der Waals surface area contributed by atoms with Gasteiger partial charge in [0.25, 0.3) is 0 Å². The summed E-state index contributed by atoms with van der Waals surface area (Å²) in [5.74, 6) is 1.30. The van der Waals surface area contributed by atoms with Gasteiger partial charge in [-0.3, -0.25) is 0 Å².